The SMILES string of the molecule is CCNC1(C(=O)OC)CCCC1CCSCc1ccco1. The van der Waals surface area contributed by atoms with Gasteiger partial charge in [0.25, 0.3) is 0 Å². The molecule has 1 N–H and O–H groups in total. The first-order chi connectivity index (χ1) is 10.2. The van der Waals surface area contributed by atoms with Crippen LogP contribution in [0.4, 0.5) is 0 Å². The third-order valence-corrected chi connectivity index (χ3v) is 5.31. The van der Waals surface area contributed by atoms with Crippen LogP contribution in [0, 0.1) is 5.92 Å². The maximum absolute atomic E-state index is 12.2. The van der Waals surface area contributed by atoms with Gasteiger partial charge < -0.3 is 14.5 Å². The largest absolute Gasteiger partial charge is 0.468 e. The van der Waals surface area contributed by atoms with Crippen LogP contribution in [0.3, 0.4) is 0 Å². The van der Waals surface area contributed by atoms with E-state index >= 15 is 0 Å². The maximum atomic E-state index is 12.2. The Hall–Kier alpha value is -0.940. The van der Waals surface area contributed by atoms with Crippen molar-refractivity contribution in [2.45, 2.75) is 43.9 Å². The molecule has 1 heterocycles. The number of carbonyl (C=O) groups excluding carboxylic acids is 1. The quantitative estimate of drug-likeness (QED) is 0.590. The molecule has 2 unspecified atom stereocenters. The number of hydrogen-bond donors (Lipinski definition) is 1. The molecule has 0 aromatic carbocycles. The van der Waals surface area contributed by atoms with E-state index in [1.165, 1.54) is 7.11 Å². The summed E-state index contributed by atoms with van der Waals surface area (Å²) in [5.41, 5.74) is -0.464. The fourth-order valence-corrected chi connectivity index (χ4v) is 4.29. The second kappa shape index (κ2) is 7.90. The summed E-state index contributed by atoms with van der Waals surface area (Å²) < 4.78 is 10.4. The molecule has 0 amide bonds. The van der Waals surface area contributed by atoms with Crippen molar-refractivity contribution >= 4 is 17.7 Å². The molecule has 1 aliphatic carbocycles. The smallest absolute Gasteiger partial charge is 0.326 e. The van der Waals surface area contributed by atoms with Crippen LogP contribution >= 0.6 is 11.8 Å². The van der Waals surface area contributed by atoms with E-state index < -0.39 is 5.54 Å². The van der Waals surface area contributed by atoms with Crippen LogP contribution in [0.5, 0.6) is 0 Å². The molecule has 1 fully saturated rings. The fourth-order valence-electron chi connectivity index (χ4n) is 3.33. The Morgan fingerprint density at radius 3 is 3.14 bits per heavy atom. The summed E-state index contributed by atoms with van der Waals surface area (Å²) in [5.74, 6) is 3.22. The zero-order valence-electron chi connectivity index (χ0n) is 12.9. The average molecular weight is 311 g/mol. The summed E-state index contributed by atoms with van der Waals surface area (Å²) in [7, 11) is 1.49. The number of hydrogen-bond acceptors (Lipinski definition) is 5. The van der Waals surface area contributed by atoms with Crippen LogP contribution < -0.4 is 5.32 Å². The first-order valence-corrected chi connectivity index (χ1v) is 8.82. The average Bonchev–Trinajstić information content (AvgIpc) is 3.13. The van der Waals surface area contributed by atoms with Crippen LogP contribution in [0.2, 0.25) is 0 Å². The van der Waals surface area contributed by atoms with Crippen molar-refractivity contribution < 1.29 is 13.9 Å². The van der Waals surface area contributed by atoms with Gasteiger partial charge in [-0.1, -0.05) is 13.3 Å². The molecule has 1 saturated carbocycles. The van der Waals surface area contributed by atoms with E-state index in [9.17, 15) is 4.79 Å². The van der Waals surface area contributed by atoms with Crippen molar-refractivity contribution in [3.63, 3.8) is 0 Å². The minimum absolute atomic E-state index is 0.0946. The van der Waals surface area contributed by atoms with E-state index in [1.54, 1.807) is 6.26 Å². The van der Waals surface area contributed by atoms with Gasteiger partial charge in [0, 0.05) is 0 Å². The van der Waals surface area contributed by atoms with Gasteiger partial charge in [0.1, 0.15) is 11.3 Å². The highest BCUT2D eigenvalue weighted by atomic mass is 32.2. The van der Waals surface area contributed by atoms with E-state index in [0.717, 1.165) is 49.5 Å². The highest BCUT2D eigenvalue weighted by Crippen LogP contribution is 2.39. The zero-order valence-corrected chi connectivity index (χ0v) is 13.7. The lowest BCUT2D eigenvalue weighted by Crippen LogP contribution is -2.55. The molecule has 0 spiro atoms. The van der Waals surface area contributed by atoms with E-state index in [2.05, 4.69) is 5.32 Å². The second-order valence-corrected chi connectivity index (χ2v) is 6.61. The zero-order chi connectivity index (χ0) is 15.1. The highest BCUT2D eigenvalue weighted by molar-refractivity contribution is 7.98. The first kappa shape index (κ1) is 16.4. The molecule has 0 aliphatic heterocycles. The number of nitrogens with one attached hydrogen (secondary N) is 1. The third kappa shape index (κ3) is 3.83. The van der Waals surface area contributed by atoms with Gasteiger partial charge in [-0.05, 0) is 49.6 Å². The van der Waals surface area contributed by atoms with Crippen molar-refractivity contribution in [3.8, 4) is 0 Å². The lowest BCUT2D eigenvalue weighted by molar-refractivity contribution is -0.150. The molecule has 118 valence electrons. The summed E-state index contributed by atoms with van der Waals surface area (Å²) in [6, 6.07) is 3.92. The van der Waals surface area contributed by atoms with Gasteiger partial charge in [-0.15, -0.1) is 0 Å². The van der Waals surface area contributed by atoms with Gasteiger partial charge >= 0.3 is 5.97 Å². The predicted molar refractivity (Wildman–Crippen MR) is 85.3 cm³/mol. The highest BCUT2D eigenvalue weighted by Gasteiger charge is 2.48. The Balaban J connectivity index is 1.86. The number of rotatable bonds is 8. The Labute approximate surface area is 131 Å². The molecule has 0 saturated heterocycles. The monoisotopic (exact) mass is 311 g/mol. The van der Waals surface area contributed by atoms with Crippen LogP contribution in [-0.2, 0) is 15.3 Å². The number of furan rings is 1. The molecule has 1 aromatic heterocycles. The van der Waals surface area contributed by atoms with Gasteiger partial charge in [-0.2, -0.15) is 11.8 Å². The molecular weight excluding hydrogens is 286 g/mol. The number of likely N-dealkylation sites (N-methyl/N-ethyl adjacent to an activating group) is 1. The molecule has 4 nitrogen and oxygen atoms in total. The minimum Gasteiger partial charge on any atom is -0.468 e. The Morgan fingerprint density at radius 1 is 1.62 bits per heavy atom. The van der Waals surface area contributed by atoms with Crippen LogP contribution in [-0.4, -0.2) is 30.9 Å². The van der Waals surface area contributed by atoms with Crippen LogP contribution in [0.15, 0.2) is 22.8 Å². The van der Waals surface area contributed by atoms with Gasteiger partial charge in [-0.25, -0.2) is 0 Å². The van der Waals surface area contributed by atoms with Gasteiger partial charge in [0.05, 0.1) is 19.1 Å². The van der Waals surface area contributed by atoms with Crippen molar-refractivity contribution in [2.24, 2.45) is 5.92 Å². The fraction of sp³-hybridized carbons (Fsp3) is 0.688. The van der Waals surface area contributed by atoms with Gasteiger partial charge in [0.2, 0.25) is 0 Å². The molecule has 5 heteroatoms. The molecule has 0 bridgehead atoms. The van der Waals surface area contributed by atoms with E-state index in [1.807, 2.05) is 30.8 Å². The number of ether oxygens (including phenoxy) is 1. The summed E-state index contributed by atoms with van der Waals surface area (Å²) in [6.07, 6.45) is 5.83. The lowest BCUT2D eigenvalue weighted by Gasteiger charge is -2.33. The summed E-state index contributed by atoms with van der Waals surface area (Å²) >= 11 is 1.86. The molecule has 2 rings (SSSR count). The van der Waals surface area contributed by atoms with Crippen molar-refractivity contribution in [1.82, 2.24) is 5.32 Å². The van der Waals surface area contributed by atoms with Crippen molar-refractivity contribution in [2.75, 3.05) is 19.4 Å². The third-order valence-electron chi connectivity index (χ3n) is 4.30. The second-order valence-electron chi connectivity index (χ2n) is 5.50. The minimum atomic E-state index is -0.464. The molecule has 1 aromatic rings. The summed E-state index contributed by atoms with van der Waals surface area (Å²) in [4.78, 5) is 12.2. The van der Waals surface area contributed by atoms with Gasteiger partial charge in [0.15, 0.2) is 0 Å². The first-order valence-electron chi connectivity index (χ1n) is 7.66. The van der Waals surface area contributed by atoms with E-state index in [4.69, 9.17) is 9.15 Å². The molecule has 1 aliphatic rings. The van der Waals surface area contributed by atoms with Crippen LogP contribution in [0.25, 0.3) is 0 Å². The Morgan fingerprint density at radius 2 is 2.48 bits per heavy atom. The van der Waals surface area contributed by atoms with E-state index in [0.29, 0.717) is 5.92 Å². The van der Waals surface area contributed by atoms with E-state index in [-0.39, 0.29) is 5.97 Å². The number of esters is 1. The molecule has 21 heavy (non-hydrogen) atoms. The summed E-state index contributed by atoms with van der Waals surface area (Å²) in [5, 5.41) is 3.41. The molecular formula is C16H25NO3S. The Bertz CT molecular complexity index is 435. The molecule has 0 radical (unpaired) electrons. The maximum Gasteiger partial charge on any atom is 0.326 e. The topological polar surface area (TPSA) is 51.5 Å². The normalized spacial score (nSPS) is 25.1. The predicted octanol–water partition coefficient (Wildman–Crippen LogP) is 3.22. The number of thioether (sulfide) groups is 1. The lowest BCUT2D eigenvalue weighted by atomic mass is 9.85. The van der Waals surface area contributed by atoms with Crippen LogP contribution in [0.1, 0.15) is 38.4 Å². The van der Waals surface area contributed by atoms with Crippen molar-refractivity contribution in [3.05, 3.63) is 24.2 Å². The standard InChI is InChI=1S/C16H25NO3S/c1-3-17-16(15(18)19-2)9-4-6-13(16)8-11-21-12-14-7-5-10-20-14/h5,7,10,13,17H,3-4,6,8-9,11-12H2,1-2H3. The summed E-state index contributed by atoms with van der Waals surface area (Å²) in [6.45, 7) is 2.84. The molecule has 2 atom stereocenters. The number of carbonyl (C=O) groups is 1. The number of methoxy groups -OCH3 is 1. The Kier molecular flexibility index (Phi) is 6.18. The van der Waals surface area contributed by atoms with Crippen molar-refractivity contribution in [1.29, 1.82) is 0 Å². The van der Waals surface area contributed by atoms with Gasteiger partial charge in [-0.3, -0.25) is 4.79 Å².